The zero-order valence-corrected chi connectivity index (χ0v) is 11.8. The van der Waals surface area contributed by atoms with Crippen molar-refractivity contribution < 1.29 is 4.92 Å². The summed E-state index contributed by atoms with van der Waals surface area (Å²) in [6, 6.07) is 5.30. The van der Waals surface area contributed by atoms with E-state index in [9.17, 15) is 10.1 Å². The summed E-state index contributed by atoms with van der Waals surface area (Å²) in [5, 5.41) is 17.0. The minimum atomic E-state index is -0.511. The first-order valence-electron chi connectivity index (χ1n) is 6.54. The molecule has 0 amide bonds. The first-order valence-corrected chi connectivity index (χ1v) is 6.54. The Kier molecular flexibility index (Phi) is 4.60. The Morgan fingerprint density at radius 1 is 1.38 bits per heavy atom. The Hall–Kier alpha value is -2.77. The topological polar surface area (TPSA) is 106 Å². The summed E-state index contributed by atoms with van der Waals surface area (Å²) < 4.78 is 0. The highest BCUT2D eigenvalue weighted by Gasteiger charge is 2.19. The number of rotatable bonds is 6. The van der Waals surface area contributed by atoms with Gasteiger partial charge in [-0.15, -0.1) is 0 Å². The van der Waals surface area contributed by atoms with Crippen LogP contribution in [0, 0.1) is 10.1 Å². The summed E-state index contributed by atoms with van der Waals surface area (Å²) in [7, 11) is 0. The molecule has 0 aliphatic carbocycles. The summed E-state index contributed by atoms with van der Waals surface area (Å²) in [5.41, 5.74) is 0.606. The quantitative estimate of drug-likeness (QED) is 0.620. The van der Waals surface area contributed by atoms with Crippen molar-refractivity contribution in [3.8, 4) is 0 Å². The fourth-order valence-electron chi connectivity index (χ4n) is 1.77. The Morgan fingerprint density at radius 3 is 2.81 bits per heavy atom. The Morgan fingerprint density at radius 2 is 2.19 bits per heavy atom. The van der Waals surface area contributed by atoms with Gasteiger partial charge >= 0.3 is 5.69 Å². The molecular weight excluding hydrogens is 272 g/mol. The molecule has 0 bridgehead atoms. The van der Waals surface area contributed by atoms with E-state index in [0.29, 0.717) is 12.5 Å². The maximum absolute atomic E-state index is 11.1. The lowest BCUT2D eigenvalue weighted by atomic mass is 10.2. The zero-order valence-electron chi connectivity index (χ0n) is 11.8. The van der Waals surface area contributed by atoms with Crippen LogP contribution in [-0.2, 0) is 0 Å². The van der Waals surface area contributed by atoms with Gasteiger partial charge in [0.05, 0.1) is 16.7 Å². The molecule has 2 rings (SSSR count). The van der Waals surface area contributed by atoms with Crippen molar-refractivity contribution in [3.63, 3.8) is 0 Å². The highest BCUT2D eigenvalue weighted by atomic mass is 16.6. The van der Waals surface area contributed by atoms with E-state index in [1.165, 1.54) is 6.20 Å². The van der Waals surface area contributed by atoms with Crippen molar-refractivity contribution in [1.29, 1.82) is 0 Å². The molecule has 0 radical (unpaired) electrons. The van der Waals surface area contributed by atoms with Gasteiger partial charge < -0.3 is 10.6 Å². The number of pyridine rings is 1. The average molecular weight is 288 g/mol. The number of hydrogen-bond acceptors (Lipinski definition) is 7. The van der Waals surface area contributed by atoms with Gasteiger partial charge in [-0.05, 0) is 26.0 Å². The van der Waals surface area contributed by atoms with Crippen LogP contribution in [0.3, 0.4) is 0 Å². The molecule has 2 N–H and O–H groups in total. The molecule has 0 spiro atoms. The first kappa shape index (κ1) is 14.6. The molecule has 0 fully saturated rings. The van der Waals surface area contributed by atoms with Crippen molar-refractivity contribution in [3.05, 3.63) is 46.4 Å². The van der Waals surface area contributed by atoms with Crippen molar-refractivity contribution >= 4 is 17.5 Å². The normalized spacial score (nSPS) is 11.7. The van der Waals surface area contributed by atoms with Crippen molar-refractivity contribution in [2.24, 2.45) is 0 Å². The Balaban J connectivity index is 2.28. The highest BCUT2D eigenvalue weighted by molar-refractivity contribution is 5.57. The van der Waals surface area contributed by atoms with Gasteiger partial charge in [-0.2, -0.15) is 4.98 Å². The summed E-state index contributed by atoms with van der Waals surface area (Å²) in [4.78, 5) is 22.8. The molecule has 0 saturated carbocycles. The molecule has 0 saturated heterocycles. The predicted molar refractivity (Wildman–Crippen MR) is 79.1 cm³/mol. The van der Waals surface area contributed by atoms with Crippen LogP contribution in [-0.4, -0.2) is 26.4 Å². The van der Waals surface area contributed by atoms with Crippen LogP contribution in [0.1, 0.15) is 25.6 Å². The summed E-state index contributed by atoms with van der Waals surface area (Å²) in [5.74, 6) is 0.517. The minimum absolute atomic E-state index is 0.167. The molecule has 0 aromatic carbocycles. The zero-order chi connectivity index (χ0) is 15.2. The Bertz CT molecular complexity index is 619. The summed E-state index contributed by atoms with van der Waals surface area (Å²) in [6.07, 6.45) is 2.87. The van der Waals surface area contributed by atoms with Crippen LogP contribution in [0.25, 0.3) is 0 Å². The van der Waals surface area contributed by atoms with E-state index in [2.05, 4.69) is 25.6 Å². The van der Waals surface area contributed by atoms with Crippen LogP contribution in [0.15, 0.2) is 30.6 Å². The van der Waals surface area contributed by atoms with E-state index in [-0.39, 0.29) is 17.5 Å². The lowest BCUT2D eigenvalue weighted by Gasteiger charge is -2.14. The molecule has 8 heteroatoms. The van der Waals surface area contributed by atoms with E-state index >= 15 is 0 Å². The molecule has 1 atom stereocenters. The van der Waals surface area contributed by atoms with Gasteiger partial charge in [0.15, 0.2) is 0 Å². The first-order chi connectivity index (χ1) is 10.1. The molecule has 8 nitrogen and oxygen atoms in total. The van der Waals surface area contributed by atoms with Crippen molar-refractivity contribution in [1.82, 2.24) is 15.0 Å². The fourth-order valence-corrected chi connectivity index (χ4v) is 1.77. The van der Waals surface area contributed by atoms with Gasteiger partial charge in [0, 0.05) is 12.7 Å². The molecule has 21 heavy (non-hydrogen) atoms. The van der Waals surface area contributed by atoms with Gasteiger partial charge in [0.25, 0.3) is 0 Å². The third-order valence-corrected chi connectivity index (χ3v) is 2.79. The largest absolute Gasteiger partial charge is 0.356 e. The Labute approximate surface area is 121 Å². The number of aromatic nitrogens is 3. The van der Waals surface area contributed by atoms with Crippen LogP contribution >= 0.6 is 0 Å². The van der Waals surface area contributed by atoms with E-state index in [1.54, 1.807) is 6.20 Å². The minimum Gasteiger partial charge on any atom is -0.356 e. The van der Waals surface area contributed by atoms with E-state index in [1.807, 2.05) is 32.0 Å². The maximum atomic E-state index is 11.1. The van der Waals surface area contributed by atoms with Gasteiger partial charge in [-0.3, -0.25) is 15.1 Å². The van der Waals surface area contributed by atoms with Gasteiger partial charge in [0.2, 0.25) is 11.8 Å². The number of nitrogens with zero attached hydrogens (tertiary/aromatic N) is 4. The predicted octanol–water partition coefficient (Wildman–Crippen LogP) is 2.38. The fraction of sp³-hybridized carbons (Fsp3) is 0.308. The number of hydrogen-bond donors (Lipinski definition) is 2. The molecular formula is C13H16N6O2. The third-order valence-electron chi connectivity index (χ3n) is 2.79. The van der Waals surface area contributed by atoms with Gasteiger partial charge in [0.1, 0.15) is 6.20 Å². The summed E-state index contributed by atoms with van der Waals surface area (Å²) in [6.45, 7) is 4.39. The van der Waals surface area contributed by atoms with E-state index in [4.69, 9.17) is 0 Å². The number of nitrogens with one attached hydrogen (secondary N) is 2. The molecule has 0 aliphatic heterocycles. The van der Waals surface area contributed by atoms with Crippen molar-refractivity contribution in [2.75, 3.05) is 17.2 Å². The molecule has 110 valence electrons. The number of anilines is 2. The van der Waals surface area contributed by atoms with Crippen molar-refractivity contribution in [2.45, 2.75) is 19.9 Å². The lowest BCUT2D eigenvalue weighted by Crippen LogP contribution is -2.13. The SMILES string of the molecule is CCNc1ncc([N+](=O)[O-])c(NC(C)c2ccccn2)n1. The second-order valence-electron chi connectivity index (χ2n) is 4.34. The molecule has 2 aromatic rings. The van der Waals surface area contributed by atoms with Gasteiger partial charge in [-0.1, -0.05) is 6.07 Å². The van der Waals surface area contributed by atoms with Gasteiger partial charge in [-0.25, -0.2) is 4.98 Å². The lowest BCUT2D eigenvalue weighted by molar-refractivity contribution is -0.384. The smallest absolute Gasteiger partial charge is 0.329 e. The second-order valence-corrected chi connectivity index (χ2v) is 4.34. The van der Waals surface area contributed by atoms with Crippen LogP contribution < -0.4 is 10.6 Å². The molecule has 2 aromatic heterocycles. The van der Waals surface area contributed by atoms with Crippen LogP contribution in [0.5, 0.6) is 0 Å². The average Bonchev–Trinajstić information content (AvgIpc) is 2.48. The standard InChI is InChI=1S/C13H16N6O2/c1-3-14-13-16-8-11(19(20)21)12(18-13)17-9(2)10-6-4-5-7-15-10/h4-9H,3H2,1-2H3,(H2,14,16,17,18). The number of nitro groups is 1. The molecule has 2 heterocycles. The van der Waals surface area contributed by atoms with Crippen LogP contribution in [0.4, 0.5) is 17.5 Å². The molecule has 1 unspecified atom stereocenters. The highest BCUT2D eigenvalue weighted by Crippen LogP contribution is 2.25. The second kappa shape index (κ2) is 6.60. The maximum Gasteiger partial charge on any atom is 0.329 e. The summed E-state index contributed by atoms with van der Waals surface area (Å²) >= 11 is 0. The van der Waals surface area contributed by atoms with E-state index in [0.717, 1.165) is 5.69 Å². The molecule has 0 aliphatic rings. The third kappa shape index (κ3) is 3.62. The van der Waals surface area contributed by atoms with Crippen LogP contribution in [0.2, 0.25) is 0 Å². The monoisotopic (exact) mass is 288 g/mol. The van der Waals surface area contributed by atoms with E-state index < -0.39 is 4.92 Å².